The molecule has 0 aromatic carbocycles. The van der Waals surface area contributed by atoms with Gasteiger partial charge in [0.25, 0.3) is 0 Å². The van der Waals surface area contributed by atoms with Crippen LogP contribution in [0, 0.1) is 16.7 Å². The van der Waals surface area contributed by atoms with E-state index in [1.807, 2.05) is 0 Å². The molecule has 0 radical (unpaired) electrons. The van der Waals surface area contributed by atoms with Crippen molar-refractivity contribution in [2.45, 2.75) is 39.2 Å². The zero-order valence-electron chi connectivity index (χ0n) is 9.51. The molecule has 1 saturated heterocycles. The lowest BCUT2D eigenvalue weighted by Crippen LogP contribution is -2.38. The summed E-state index contributed by atoms with van der Waals surface area (Å²) in [6, 6.07) is 2.14. The third-order valence-corrected chi connectivity index (χ3v) is 2.96. The van der Waals surface area contributed by atoms with Gasteiger partial charge in [0.2, 0.25) is 0 Å². The van der Waals surface area contributed by atoms with Gasteiger partial charge < -0.3 is 10.6 Å². The summed E-state index contributed by atoms with van der Waals surface area (Å²) in [5, 5.41) is 8.78. The van der Waals surface area contributed by atoms with Crippen molar-refractivity contribution in [2.24, 2.45) is 11.1 Å². The predicted molar refractivity (Wildman–Crippen MR) is 57.7 cm³/mol. The molecule has 1 rings (SSSR count). The van der Waals surface area contributed by atoms with Gasteiger partial charge >= 0.3 is 0 Å². The zero-order valence-corrected chi connectivity index (χ0v) is 9.51. The molecular weight excluding hydrogens is 174 g/mol. The maximum atomic E-state index is 8.78. The predicted octanol–water partition coefficient (Wildman–Crippen LogP) is 1.35. The smallest absolute Gasteiger partial charge is 0.102 e. The highest BCUT2D eigenvalue weighted by Crippen LogP contribution is 2.28. The quantitative estimate of drug-likeness (QED) is 0.739. The Balaban J connectivity index is 2.32. The number of nitrogens with two attached hydrogens (primary N) is 1. The SMILES string of the molecule is CC(N)(C#N)CCN1CCC(C)(C)C1. The molecule has 1 heterocycles. The fourth-order valence-corrected chi connectivity index (χ4v) is 1.86. The van der Waals surface area contributed by atoms with Gasteiger partial charge in [-0.25, -0.2) is 0 Å². The number of hydrogen-bond acceptors (Lipinski definition) is 3. The Morgan fingerprint density at radius 3 is 2.64 bits per heavy atom. The van der Waals surface area contributed by atoms with E-state index in [0.717, 1.165) is 26.1 Å². The van der Waals surface area contributed by atoms with E-state index in [0.29, 0.717) is 5.41 Å². The van der Waals surface area contributed by atoms with Crippen LogP contribution in [0.1, 0.15) is 33.6 Å². The second kappa shape index (κ2) is 3.88. The minimum Gasteiger partial charge on any atom is -0.314 e. The molecule has 0 bridgehead atoms. The average molecular weight is 195 g/mol. The summed E-state index contributed by atoms with van der Waals surface area (Å²) in [5.41, 5.74) is 5.56. The van der Waals surface area contributed by atoms with E-state index < -0.39 is 5.54 Å². The van der Waals surface area contributed by atoms with Crippen LogP contribution in [0.25, 0.3) is 0 Å². The summed E-state index contributed by atoms with van der Waals surface area (Å²) in [4.78, 5) is 2.41. The van der Waals surface area contributed by atoms with Gasteiger partial charge in [-0.3, -0.25) is 0 Å². The van der Waals surface area contributed by atoms with E-state index in [4.69, 9.17) is 11.0 Å². The summed E-state index contributed by atoms with van der Waals surface area (Å²) < 4.78 is 0. The molecule has 1 aliphatic heterocycles. The van der Waals surface area contributed by atoms with Crippen LogP contribution < -0.4 is 5.73 Å². The van der Waals surface area contributed by atoms with Gasteiger partial charge in [0.05, 0.1) is 6.07 Å². The molecular formula is C11H21N3. The Bertz CT molecular complexity index is 237. The summed E-state index contributed by atoms with van der Waals surface area (Å²) in [5.74, 6) is 0. The molecule has 1 unspecified atom stereocenters. The molecule has 2 N–H and O–H groups in total. The van der Waals surface area contributed by atoms with Crippen LogP contribution in [0.2, 0.25) is 0 Å². The van der Waals surface area contributed by atoms with Crippen molar-refractivity contribution in [3.8, 4) is 6.07 Å². The van der Waals surface area contributed by atoms with Crippen molar-refractivity contribution in [3.63, 3.8) is 0 Å². The Morgan fingerprint density at radius 1 is 1.57 bits per heavy atom. The largest absolute Gasteiger partial charge is 0.314 e. The molecule has 0 saturated carbocycles. The maximum Gasteiger partial charge on any atom is 0.102 e. The van der Waals surface area contributed by atoms with E-state index in [9.17, 15) is 0 Å². The van der Waals surface area contributed by atoms with Crippen LogP contribution in [0.15, 0.2) is 0 Å². The lowest BCUT2D eigenvalue weighted by molar-refractivity contribution is 0.273. The highest BCUT2D eigenvalue weighted by Gasteiger charge is 2.30. The van der Waals surface area contributed by atoms with Gasteiger partial charge in [0.15, 0.2) is 0 Å². The van der Waals surface area contributed by atoms with Crippen LogP contribution in [-0.4, -0.2) is 30.1 Å². The molecule has 14 heavy (non-hydrogen) atoms. The van der Waals surface area contributed by atoms with Crippen LogP contribution in [0.5, 0.6) is 0 Å². The molecule has 0 aromatic heterocycles. The topological polar surface area (TPSA) is 53.1 Å². The van der Waals surface area contributed by atoms with Crippen molar-refractivity contribution in [3.05, 3.63) is 0 Å². The molecule has 0 amide bonds. The van der Waals surface area contributed by atoms with Gasteiger partial charge in [0, 0.05) is 13.1 Å². The molecule has 80 valence electrons. The van der Waals surface area contributed by atoms with Crippen LogP contribution in [0.4, 0.5) is 0 Å². The molecule has 1 atom stereocenters. The van der Waals surface area contributed by atoms with Crippen LogP contribution in [0.3, 0.4) is 0 Å². The molecule has 1 aliphatic rings. The minimum absolute atomic E-state index is 0.442. The maximum absolute atomic E-state index is 8.78. The zero-order chi connectivity index (χ0) is 10.8. The summed E-state index contributed by atoms with van der Waals surface area (Å²) >= 11 is 0. The number of nitriles is 1. The fourth-order valence-electron chi connectivity index (χ4n) is 1.86. The molecule has 3 heteroatoms. The molecule has 0 aromatic rings. The lowest BCUT2D eigenvalue weighted by atomic mass is 9.93. The summed E-state index contributed by atoms with van der Waals surface area (Å²) in [7, 11) is 0. The summed E-state index contributed by atoms with van der Waals surface area (Å²) in [6.45, 7) is 9.61. The monoisotopic (exact) mass is 195 g/mol. The van der Waals surface area contributed by atoms with E-state index in [-0.39, 0.29) is 0 Å². The highest BCUT2D eigenvalue weighted by atomic mass is 15.2. The minimum atomic E-state index is -0.660. The third-order valence-electron chi connectivity index (χ3n) is 2.96. The van der Waals surface area contributed by atoms with Crippen molar-refractivity contribution in [2.75, 3.05) is 19.6 Å². The van der Waals surface area contributed by atoms with Gasteiger partial charge in [0.1, 0.15) is 5.54 Å². The third kappa shape index (κ3) is 3.28. The first-order chi connectivity index (χ1) is 6.35. The van der Waals surface area contributed by atoms with Gasteiger partial charge in [-0.05, 0) is 31.7 Å². The second-order valence-electron chi connectivity index (χ2n) is 5.47. The Hall–Kier alpha value is -0.590. The van der Waals surface area contributed by atoms with E-state index >= 15 is 0 Å². The van der Waals surface area contributed by atoms with Crippen LogP contribution in [-0.2, 0) is 0 Å². The number of rotatable bonds is 3. The van der Waals surface area contributed by atoms with Crippen molar-refractivity contribution in [1.29, 1.82) is 5.26 Å². The van der Waals surface area contributed by atoms with E-state index in [1.54, 1.807) is 6.92 Å². The van der Waals surface area contributed by atoms with E-state index in [2.05, 4.69) is 24.8 Å². The average Bonchev–Trinajstić information content (AvgIpc) is 2.43. The Kier molecular flexibility index (Phi) is 3.18. The van der Waals surface area contributed by atoms with Crippen molar-refractivity contribution in [1.82, 2.24) is 4.90 Å². The standard InChI is InChI=1S/C11H21N3/c1-10(2)4-6-14(9-10)7-5-11(3,13)8-12/h4-7,9,13H2,1-3H3. The van der Waals surface area contributed by atoms with E-state index in [1.165, 1.54) is 6.42 Å². The van der Waals surface area contributed by atoms with Gasteiger partial charge in [-0.15, -0.1) is 0 Å². The normalized spacial score (nSPS) is 25.6. The lowest BCUT2D eigenvalue weighted by Gasteiger charge is -2.22. The summed E-state index contributed by atoms with van der Waals surface area (Å²) in [6.07, 6.45) is 2.01. The first-order valence-corrected chi connectivity index (χ1v) is 5.27. The van der Waals surface area contributed by atoms with Gasteiger partial charge in [-0.2, -0.15) is 5.26 Å². The van der Waals surface area contributed by atoms with Crippen molar-refractivity contribution >= 4 is 0 Å². The first kappa shape index (κ1) is 11.5. The fraction of sp³-hybridized carbons (Fsp3) is 0.909. The number of hydrogen-bond donors (Lipinski definition) is 1. The number of likely N-dealkylation sites (tertiary alicyclic amines) is 1. The van der Waals surface area contributed by atoms with Crippen LogP contribution >= 0.6 is 0 Å². The highest BCUT2D eigenvalue weighted by molar-refractivity contribution is 5.01. The molecule has 0 aliphatic carbocycles. The number of nitrogens with zero attached hydrogens (tertiary/aromatic N) is 2. The first-order valence-electron chi connectivity index (χ1n) is 5.27. The van der Waals surface area contributed by atoms with Crippen molar-refractivity contribution < 1.29 is 0 Å². The second-order valence-corrected chi connectivity index (χ2v) is 5.47. The molecule has 3 nitrogen and oxygen atoms in total. The Labute approximate surface area is 86.9 Å². The molecule has 0 spiro atoms. The molecule has 1 fully saturated rings. The van der Waals surface area contributed by atoms with Gasteiger partial charge in [-0.1, -0.05) is 13.8 Å². The Morgan fingerprint density at radius 2 is 2.21 bits per heavy atom.